The number of hydrogen-bond donors (Lipinski definition) is 1. The molecule has 3 heteroatoms. The van der Waals surface area contributed by atoms with Gasteiger partial charge >= 0.3 is 0 Å². The molecule has 0 saturated heterocycles. The van der Waals surface area contributed by atoms with Crippen LogP contribution < -0.4 is 5.73 Å². The number of nitrogens with zero attached hydrogens (tertiary/aromatic N) is 2. The first-order valence-electron chi connectivity index (χ1n) is 5.31. The Balaban J connectivity index is 2.75. The van der Waals surface area contributed by atoms with Crippen molar-refractivity contribution in [3.05, 3.63) is 35.3 Å². The van der Waals surface area contributed by atoms with E-state index in [1.54, 1.807) is 0 Å². The summed E-state index contributed by atoms with van der Waals surface area (Å²) in [7, 11) is 0. The minimum absolute atomic E-state index is 0.454. The molecule has 0 saturated carbocycles. The van der Waals surface area contributed by atoms with Crippen LogP contribution >= 0.6 is 0 Å². The summed E-state index contributed by atoms with van der Waals surface area (Å²) in [5.74, 6) is 0.454. The van der Waals surface area contributed by atoms with Crippen molar-refractivity contribution >= 4 is 5.65 Å². The lowest BCUT2D eigenvalue weighted by molar-refractivity contribution is 0.821. The molecule has 0 aromatic carbocycles. The third kappa shape index (κ3) is 1.53. The van der Waals surface area contributed by atoms with Gasteiger partial charge in [-0.2, -0.15) is 0 Å². The highest BCUT2D eigenvalue weighted by Gasteiger charge is 2.12. The zero-order valence-electron chi connectivity index (χ0n) is 9.49. The largest absolute Gasteiger partial charge is 0.326 e. The van der Waals surface area contributed by atoms with Crippen molar-refractivity contribution in [1.29, 1.82) is 0 Å². The molecule has 2 rings (SSSR count). The molecular weight excluding hydrogens is 186 g/mol. The summed E-state index contributed by atoms with van der Waals surface area (Å²) < 4.78 is 2.12. The van der Waals surface area contributed by atoms with E-state index in [9.17, 15) is 0 Å². The van der Waals surface area contributed by atoms with Crippen molar-refractivity contribution < 1.29 is 0 Å². The van der Waals surface area contributed by atoms with Crippen LogP contribution in [0.15, 0.2) is 18.3 Å². The van der Waals surface area contributed by atoms with Gasteiger partial charge in [-0.1, -0.05) is 19.9 Å². The second kappa shape index (κ2) is 3.66. The molecule has 0 aliphatic carbocycles. The molecule has 15 heavy (non-hydrogen) atoms. The summed E-state index contributed by atoms with van der Waals surface area (Å²) >= 11 is 0. The van der Waals surface area contributed by atoms with E-state index in [-0.39, 0.29) is 0 Å². The highest BCUT2D eigenvalue weighted by atomic mass is 15.0. The van der Waals surface area contributed by atoms with E-state index < -0.39 is 0 Å². The first kappa shape index (κ1) is 10.2. The number of hydrogen-bond acceptors (Lipinski definition) is 2. The highest BCUT2D eigenvalue weighted by molar-refractivity contribution is 5.51. The van der Waals surface area contributed by atoms with Gasteiger partial charge in [-0.05, 0) is 18.9 Å². The predicted octanol–water partition coefficient (Wildman–Crippen LogP) is 2.22. The van der Waals surface area contributed by atoms with Crippen molar-refractivity contribution in [2.75, 3.05) is 0 Å². The van der Waals surface area contributed by atoms with Crippen LogP contribution in [-0.2, 0) is 6.54 Å². The molecule has 2 N–H and O–H groups in total. The molecule has 0 unspecified atom stereocenters. The fraction of sp³-hybridized carbons (Fsp3) is 0.417. The van der Waals surface area contributed by atoms with Gasteiger partial charge in [-0.15, -0.1) is 0 Å². The van der Waals surface area contributed by atoms with Gasteiger partial charge in [0.25, 0.3) is 0 Å². The predicted molar refractivity (Wildman–Crippen MR) is 61.9 cm³/mol. The quantitative estimate of drug-likeness (QED) is 0.813. The molecule has 3 nitrogen and oxygen atoms in total. The maximum Gasteiger partial charge on any atom is 0.141 e. The number of pyridine rings is 1. The van der Waals surface area contributed by atoms with Crippen LogP contribution in [0.5, 0.6) is 0 Å². The summed E-state index contributed by atoms with van der Waals surface area (Å²) in [5.41, 5.74) is 10.2. The molecule has 2 aromatic rings. The Kier molecular flexibility index (Phi) is 2.49. The lowest BCUT2D eigenvalue weighted by Crippen LogP contribution is -1.99. The summed E-state index contributed by atoms with van der Waals surface area (Å²) in [4.78, 5) is 4.67. The fourth-order valence-corrected chi connectivity index (χ4v) is 1.97. The lowest BCUT2D eigenvalue weighted by Gasteiger charge is -2.01. The van der Waals surface area contributed by atoms with Crippen LogP contribution in [-0.4, -0.2) is 9.38 Å². The van der Waals surface area contributed by atoms with Crippen molar-refractivity contribution in [2.45, 2.75) is 33.2 Å². The Bertz CT molecular complexity index is 483. The van der Waals surface area contributed by atoms with Gasteiger partial charge in [0.15, 0.2) is 0 Å². The van der Waals surface area contributed by atoms with Crippen molar-refractivity contribution in [1.82, 2.24) is 9.38 Å². The number of aryl methyl sites for hydroxylation is 1. The van der Waals surface area contributed by atoms with E-state index in [4.69, 9.17) is 5.73 Å². The fourth-order valence-electron chi connectivity index (χ4n) is 1.97. The molecule has 0 spiro atoms. The van der Waals surface area contributed by atoms with Crippen molar-refractivity contribution in [3.8, 4) is 0 Å². The molecule has 0 atom stereocenters. The highest BCUT2D eigenvalue weighted by Crippen LogP contribution is 2.21. The van der Waals surface area contributed by atoms with Crippen LogP contribution in [0.3, 0.4) is 0 Å². The Hall–Kier alpha value is -1.35. The number of rotatable bonds is 2. The lowest BCUT2D eigenvalue weighted by atomic mass is 10.1. The zero-order valence-corrected chi connectivity index (χ0v) is 9.49. The maximum atomic E-state index is 5.70. The molecule has 0 bridgehead atoms. The number of nitrogens with two attached hydrogens (primary N) is 1. The molecule has 2 aromatic heterocycles. The van der Waals surface area contributed by atoms with Crippen LogP contribution in [0.1, 0.15) is 36.7 Å². The summed E-state index contributed by atoms with van der Waals surface area (Å²) in [6.07, 6.45) is 2.04. The minimum Gasteiger partial charge on any atom is -0.326 e. The van der Waals surface area contributed by atoms with E-state index in [0.717, 1.165) is 16.9 Å². The second-order valence-electron chi connectivity index (χ2n) is 4.17. The molecule has 0 aliphatic rings. The first-order valence-corrected chi connectivity index (χ1v) is 5.31. The summed E-state index contributed by atoms with van der Waals surface area (Å²) in [6, 6.07) is 4.06. The minimum atomic E-state index is 0.454. The number of aromatic nitrogens is 2. The van der Waals surface area contributed by atoms with Gasteiger partial charge in [0.1, 0.15) is 5.65 Å². The Morgan fingerprint density at radius 3 is 2.80 bits per heavy atom. The first-order chi connectivity index (χ1) is 7.15. The number of imidazole rings is 1. The molecule has 0 aliphatic heterocycles. The van der Waals surface area contributed by atoms with E-state index >= 15 is 0 Å². The Labute approximate surface area is 89.9 Å². The zero-order chi connectivity index (χ0) is 11.0. The van der Waals surface area contributed by atoms with Gasteiger partial charge in [-0.25, -0.2) is 4.98 Å². The third-order valence-electron chi connectivity index (χ3n) is 2.77. The van der Waals surface area contributed by atoms with Gasteiger partial charge in [-0.3, -0.25) is 0 Å². The molecular formula is C12H17N3. The molecule has 80 valence electrons. The van der Waals surface area contributed by atoms with Crippen LogP contribution in [0.2, 0.25) is 0 Å². The maximum absolute atomic E-state index is 5.70. The van der Waals surface area contributed by atoms with Crippen LogP contribution in [0, 0.1) is 6.92 Å². The summed E-state index contributed by atoms with van der Waals surface area (Å²) in [5, 5.41) is 0. The second-order valence-corrected chi connectivity index (χ2v) is 4.17. The van der Waals surface area contributed by atoms with E-state index in [1.165, 1.54) is 5.69 Å². The Morgan fingerprint density at radius 1 is 1.47 bits per heavy atom. The van der Waals surface area contributed by atoms with Gasteiger partial charge in [0.2, 0.25) is 0 Å². The van der Waals surface area contributed by atoms with Gasteiger partial charge in [0.05, 0.1) is 5.69 Å². The molecule has 0 radical (unpaired) electrons. The molecule has 0 fully saturated rings. The monoisotopic (exact) mass is 203 g/mol. The smallest absolute Gasteiger partial charge is 0.141 e. The normalized spacial score (nSPS) is 11.5. The average molecular weight is 203 g/mol. The van der Waals surface area contributed by atoms with E-state index in [0.29, 0.717) is 12.5 Å². The van der Waals surface area contributed by atoms with Gasteiger partial charge < -0.3 is 10.1 Å². The van der Waals surface area contributed by atoms with Crippen molar-refractivity contribution in [3.63, 3.8) is 0 Å². The van der Waals surface area contributed by atoms with Crippen LogP contribution in [0.4, 0.5) is 0 Å². The van der Waals surface area contributed by atoms with E-state index in [2.05, 4.69) is 30.2 Å². The topological polar surface area (TPSA) is 43.3 Å². The third-order valence-corrected chi connectivity index (χ3v) is 2.77. The molecule has 0 amide bonds. The SMILES string of the molecule is Cc1c(C(C)C)nc2c(CN)cccn12. The number of fused-ring (bicyclic) bond motifs is 1. The van der Waals surface area contributed by atoms with Gasteiger partial charge in [0, 0.05) is 24.0 Å². The van der Waals surface area contributed by atoms with Crippen LogP contribution in [0.25, 0.3) is 5.65 Å². The average Bonchev–Trinajstić information content (AvgIpc) is 2.56. The Morgan fingerprint density at radius 2 is 2.20 bits per heavy atom. The summed E-state index contributed by atoms with van der Waals surface area (Å²) in [6.45, 7) is 6.97. The standard InChI is InChI=1S/C12H17N3/c1-8(2)11-9(3)15-6-4-5-10(7-13)12(15)14-11/h4-6,8H,7,13H2,1-3H3. The van der Waals surface area contributed by atoms with E-state index in [1.807, 2.05) is 18.3 Å². The van der Waals surface area contributed by atoms with Crippen molar-refractivity contribution in [2.24, 2.45) is 5.73 Å². The molecule has 2 heterocycles.